The normalized spacial score (nSPS) is 17.0. The van der Waals surface area contributed by atoms with Crippen LogP contribution in [-0.2, 0) is 6.54 Å². The molecule has 21 heavy (non-hydrogen) atoms. The molecule has 0 spiro atoms. The third-order valence-electron chi connectivity index (χ3n) is 4.14. The molecule has 0 bridgehead atoms. The topological polar surface area (TPSA) is 33.7 Å². The van der Waals surface area contributed by atoms with Gasteiger partial charge in [0.1, 0.15) is 0 Å². The van der Waals surface area contributed by atoms with Crippen LogP contribution < -0.4 is 14.8 Å². The van der Waals surface area contributed by atoms with Crippen LogP contribution >= 0.6 is 15.9 Å². The summed E-state index contributed by atoms with van der Waals surface area (Å²) in [6.07, 6.45) is 2.58. The number of nitrogens with zero attached hydrogens (tertiary/aromatic N) is 1. The fourth-order valence-corrected chi connectivity index (χ4v) is 3.17. The Morgan fingerprint density at radius 2 is 1.81 bits per heavy atom. The van der Waals surface area contributed by atoms with Crippen molar-refractivity contribution in [3.63, 3.8) is 0 Å². The lowest BCUT2D eigenvalue weighted by Crippen LogP contribution is -2.34. The highest BCUT2D eigenvalue weighted by molar-refractivity contribution is 9.10. The highest BCUT2D eigenvalue weighted by Gasteiger charge is 2.16. The van der Waals surface area contributed by atoms with E-state index in [-0.39, 0.29) is 0 Å². The number of rotatable bonds is 6. The molecule has 1 aromatic rings. The van der Waals surface area contributed by atoms with Crippen LogP contribution in [0.25, 0.3) is 0 Å². The average Bonchev–Trinajstić information content (AvgIpc) is 2.50. The number of nitrogens with one attached hydrogen (secondary N) is 1. The van der Waals surface area contributed by atoms with Gasteiger partial charge in [0.2, 0.25) is 0 Å². The number of halogens is 1. The van der Waals surface area contributed by atoms with Gasteiger partial charge >= 0.3 is 0 Å². The molecule has 1 aliphatic heterocycles. The number of piperidine rings is 1. The van der Waals surface area contributed by atoms with Crippen molar-refractivity contribution < 1.29 is 9.47 Å². The van der Waals surface area contributed by atoms with Crippen LogP contribution in [0.3, 0.4) is 0 Å². The van der Waals surface area contributed by atoms with Crippen molar-refractivity contribution in [1.29, 1.82) is 0 Å². The van der Waals surface area contributed by atoms with Crippen molar-refractivity contribution in [3.05, 3.63) is 22.2 Å². The van der Waals surface area contributed by atoms with Crippen LogP contribution in [0.15, 0.2) is 16.6 Å². The summed E-state index contributed by atoms with van der Waals surface area (Å²) in [5, 5.41) is 3.57. The molecule has 1 aliphatic rings. The van der Waals surface area contributed by atoms with Gasteiger partial charge in [-0.1, -0.05) is 15.9 Å². The lowest BCUT2D eigenvalue weighted by Gasteiger charge is -2.29. The van der Waals surface area contributed by atoms with Crippen LogP contribution in [0.2, 0.25) is 0 Å². The maximum absolute atomic E-state index is 5.36. The first kappa shape index (κ1) is 16.6. The number of hydrogen-bond donors (Lipinski definition) is 1. The van der Waals surface area contributed by atoms with Crippen molar-refractivity contribution in [2.24, 2.45) is 5.92 Å². The standard InChI is InChI=1S/C16H25BrN2O2/c1-19-6-4-12(5-7-19)10-18-11-13-8-15(20-2)16(21-3)9-14(13)17/h8-9,12,18H,4-7,10-11H2,1-3H3. The van der Waals surface area contributed by atoms with Gasteiger partial charge < -0.3 is 19.7 Å². The molecule has 0 atom stereocenters. The Balaban J connectivity index is 1.88. The number of likely N-dealkylation sites (tertiary alicyclic amines) is 1. The van der Waals surface area contributed by atoms with E-state index in [0.717, 1.165) is 35.0 Å². The van der Waals surface area contributed by atoms with Gasteiger partial charge in [0.25, 0.3) is 0 Å². The second kappa shape index (κ2) is 8.01. The Labute approximate surface area is 135 Å². The Hall–Kier alpha value is -0.780. The fraction of sp³-hybridized carbons (Fsp3) is 0.625. The van der Waals surface area contributed by atoms with Crippen LogP contribution in [0.5, 0.6) is 11.5 Å². The van der Waals surface area contributed by atoms with Crippen LogP contribution in [0, 0.1) is 5.92 Å². The van der Waals surface area contributed by atoms with Gasteiger partial charge in [0, 0.05) is 11.0 Å². The Morgan fingerprint density at radius 3 is 2.43 bits per heavy atom. The van der Waals surface area contributed by atoms with Gasteiger partial charge in [-0.05, 0) is 63.1 Å². The molecular weight excluding hydrogens is 332 g/mol. The molecule has 118 valence electrons. The van der Waals surface area contributed by atoms with Gasteiger partial charge in [-0.15, -0.1) is 0 Å². The molecule has 1 N–H and O–H groups in total. The molecule has 2 rings (SSSR count). The van der Waals surface area contributed by atoms with Crippen molar-refractivity contribution in [2.75, 3.05) is 40.9 Å². The second-order valence-electron chi connectivity index (χ2n) is 5.68. The zero-order valence-corrected chi connectivity index (χ0v) is 14.7. The Bertz CT molecular complexity index is 460. The molecule has 0 aliphatic carbocycles. The largest absolute Gasteiger partial charge is 0.493 e. The molecule has 0 amide bonds. The minimum Gasteiger partial charge on any atom is -0.493 e. The van der Waals surface area contributed by atoms with E-state index in [4.69, 9.17) is 9.47 Å². The highest BCUT2D eigenvalue weighted by atomic mass is 79.9. The third kappa shape index (κ3) is 4.59. The van der Waals surface area contributed by atoms with Crippen molar-refractivity contribution in [1.82, 2.24) is 10.2 Å². The van der Waals surface area contributed by atoms with Crippen LogP contribution in [-0.4, -0.2) is 45.8 Å². The van der Waals surface area contributed by atoms with E-state index in [9.17, 15) is 0 Å². The van der Waals surface area contributed by atoms with E-state index in [0.29, 0.717) is 0 Å². The molecule has 0 unspecified atom stereocenters. The van der Waals surface area contributed by atoms with E-state index in [1.54, 1.807) is 14.2 Å². The zero-order valence-electron chi connectivity index (χ0n) is 13.1. The molecule has 1 heterocycles. The van der Waals surface area contributed by atoms with Gasteiger partial charge in [0.05, 0.1) is 14.2 Å². The van der Waals surface area contributed by atoms with Crippen molar-refractivity contribution >= 4 is 15.9 Å². The summed E-state index contributed by atoms with van der Waals surface area (Å²) in [7, 11) is 5.52. The molecule has 1 aromatic carbocycles. The van der Waals surface area contributed by atoms with E-state index >= 15 is 0 Å². The van der Waals surface area contributed by atoms with Gasteiger partial charge in [-0.3, -0.25) is 0 Å². The molecule has 4 nitrogen and oxygen atoms in total. The number of ether oxygens (including phenoxy) is 2. The number of hydrogen-bond acceptors (Lipinski definition) is 4. The summed E-state index contributed by atoms with van der Waals surface area (Å²) in [4.78, 5) is 2.40. The van der Waals surface area contributed by atoms with Crippen molar-refractivity contribution in [3.8, 4) is 11.5 Å². The van der Waals surface area contributed by atoms with Crippen molar-refractivity contribution in [2.45, 2.75) is 19.4 Å². The first-order valence-corrected chi connectivity index (χ1v) is 8.23. The molecule has 1 fully saturated rings. The van der Waals surface area contributed by atoms with Gasteiger partial charge in [0.15, 0.2) is 11.5 Å². The first-order chi connectivity index (χ1) is 10.1. The summed E-state index contributed by atoms with van der Waals surface area (Å²) >= 11 is 3.60. The van der Waals surface area contributed by atoms with E-state index in [2.05, 4.69) is 33.2 Å². The number of methoxy groups -OCH3 is 2. The summed E-state index contributed by atoms with van der Waals surface area (Å²) < 4.78 is 11.7. The maximum Gasteiger partial charge on any atom is 0.161 e. The van der Waals surface area contributed by atoms with E-state index in [1.807, 2.05) is 12.1 Å². The summed E-state index contributed by atoms with van der Waals surface area (Å²) in [5.41, 5.74) is 1.19. The summed E-state index contributed by atoms with van der Waals surface area (Å²) in [5.74, 6) is 2.32. The van der Waals surface area contributed by atoms with Crippen LogP contribution in [0.1, 0.15) is 18.4 Å². The lowest BCUT2D eigenvalue weighted by molar-refractivity contribution is 0.216. The third-order valence-corrected chi connectivity index (χ3v) is 4.88. The highest BCUT2D eigenvalue weighted by Crippen LogP contribution is 2.33. The second-order valence-corrected chi connectivity index (χ2v) is 6.53. The fourth-order valence-electron chi connectivity index (χ4n) is 2.71. The summed E-state index contributed by atoms with van der Waals surface area (Å²) in [6, 6.07) is 4.00. The molecule has 0 aromatic heterocycles. The SMILES string of the molecule is COc1cc(Br)c(CNCC2CCN(C)CC2)cc1OC. The monoisotopic (exact) mass is 356 g/mol. The average molecular weight is 357 g/mol. The van der Waals surface area contributed by atoms with E-state index < -0.39 is 0 Å². The predicted molar refractivity (Wildman–Crippen MR) is 89.2 cm³/mol. The van der Waals surface area contributed by atoms with Crippen LogP contribution in [0.4, 0.5) is 0 Å². The summed E-state index contributed by atoms with van der Waals surface area (Å²) in [6.45, 7) is 4.35. The minimum atomic E-state index is 0.753. The zero-order chi connectivity index (χ0) is 15.2. The Morgan fingerprint density at radius 1 is 1.19 bits per heavy atom. The first-order valence-electron chi connectivity index (χ1n) is 7.43. The molecular formula is C16H25BrN2O2. The quantitative estimate of drug-likeness (QED) is 0.849. The molecule has 5 heteroatoms. The molecule has 0 saturated carbocycles. The minimum absolute atomic E-state index is 0.753. The van der Waals surface area contributed by atoms with E-state index in [1.165, 1.54) is 31.5 Å². The predicted octanol–water partition coefficient (Wildman–Crippen LogP) is 2.90. The Kier molecular flexibility index (Phi) is 6.33. The maximum atomic E-state index is 5.36. The number of benzene rings is 1. The lowest BCUT2D eigenvalue weighted by atomic mass is 9.97. The van der Waals surface area contributed by atoms with Gasteiger partial charge in [-0.2, -0.15) is 0 Å². The smallest absolute Gasteiger partial charge is 0.161 e. The molecule has 1 saturated heterocycles. The van der Waals surface area contributed by atoms with Gasteiger partial charge in [-0.25, -0.2) is 0 Å². The molecule has 0 radical (unpaired) electrons.